The molecule has 0 saturated heterocycles. The quantitative estimate of drug-likeness (QED) is 0.751. The molecule has 0 radical (unpaired) electrons. The molecule has 3 rings (SSSR count). The molecule has 0 aliphatic rings. The van der Waals surface area contributed by atoms with Gasteiger partial charge in [-0.05, 0) is 44.3 Å². The molecule has 1 N–H and O–H groups in total. The second kappa shape index (κ2) is 5.65. The standard InChI is InChI=1S/C15H16N4OS/c1-10(2)20-13-5-3-4-12-14(13)18-15(21)19(12)8-11-6-7-16-9-17-11/h3-7,9-10H,8H2,1-2H3,(H,18,21). The summed E-state index contributed by atoms with van der Waals surface area (Å²) in [6.45, 7) is 4.61. The van der Waals surface area contributed by atoms with Crippen LogP contribution in [0.1, 0.15) is 19.5 Å². The molecule has 21 heavy (non-hydrogen) atoms. The third-order valence-electron chi connectivity index (χ3n) is 3.10. The predicted octanol–water partition coefficient (Wildman–Crippen LogP) is 3.32. The molecule has 6 heteroatoms. The van der Waals surface area contributed by atoms with Gasteiger partial charge in [0.25, 0.3) is 0 Å². The maximum atomic E-state index is 5.83. The number of ether oxygens (including phenoxy) is 1. The number of hydrogen-bond donors (Lipinski definition) is 1. The number of H-pyrrole nitrogens is 1. The van der Waals surface area contributed by atoms with Crippen LogP contribution in [0.2, 0.25) is 0 Å². The van der Waals surface area contributed by atoms with Crippen LogP contribution < -0.4 is 4.74 Å². The maximum absolute atomic E-state index is 5.83. The van der Waals surface area contributed by atoms with Gasteiger partial charge in [0, 0.05) is 6.20 Å². The average molecular weight is 300 g/mol. The number of imidazole rings is 1. The molecule has 0 fully saturated rings. The van der Waals surface area contributed by atoms with E-state index in [1.54, 1.807) is 12.5 Å². The lowest BCUT2D eigenvalue weighted by atomic mass is 10.3. The summed E-state index contributed by atoms with van der Waals surface area (Å²) in [4.78, 5) is 11.4. The number of para-hydroxylation sites is 1. The SMILES string of the molecule is CC(C)Oc1cccc2c1[nH]c(=S)n2Cc1ccncn1. The largest absolute Gasteiger partial charge is 0.489 e. The summed E-state index contributed by atoms with van der Waals surface area (Å²) >= 11 is 5.43. The fourth-order valence-corrected chi connectivity index (χ4v) is 2.50. The van der Waals surface area contributed by atoms with Gasteiger partial charge in [0.05, 0.1) is 23.9 Å². The van der Waals surface area contributed by atoms with Gasteiger partial charge in [-0.2, -0.15) is 0 Å². The molecule has 0 atom stereocenters. The first kappa shape index (κ1) is 13.8. The molecule has 2 heterocycles. The van der Waals surface area contributed by atoms with E-state index in [0.29, 0.717) is 11.3 Å². The van der Waals surface area contributed by atoms with Gasteiger partial charge in [0.15, 0.2) is 4.77 Å². The van der Waals surface area contributed by atoms with Crippen LogP contribution in [-0.4, -0.2) is 25.6 Å². The van der Waals surface area contributed by atoms with E-state index in [0.717, 1.165) is 22.5 Å². The van der Waals surface area contributed by atoms with Gasteiger partial charge in [0.2, 0.25) is 0 Å². The summed E-state index contributed by atoms with van der Waals surface area (Å²) in [7, 11) is 0. The number of aromatic nitrogens is 4. The Morgan fingerprint density at radius 3 is 2.90 bits per heavy atom. The highest BCUT2D eigenvalue weighted by molar-refractivity contribution is 7.71. The van der Waals surface area contributed by atoms with E-state index in [9.17, 15) is 0 Å². The summed E-state index contributed by atoms with van der Waals surface area (Å²) in [5, 5.41) is 0. The lowest BCUT2D eigenvalue weighted by Crippen LogP contribution is -2.06. The van der Waals surface area contributed by atoms with Crippen LogP contribution in [0.15, 0.2) is 36.8 Å². The zero-order chi connectivity index (χ0) is 14.8. The van der Waals surface area contributed by atoms with E-state index in [4.69, 9.17) is 17.0 Å². The number of nitrogens with zero attached hydrogens (tertiary/aromatic N) is 3. The van der Waals surface area contributed by atoms with E-state index in [1.165, 1.54) is 0 Å². The Balaban J connectivity index is 2.08. The predicted molar refractivity (Wildman–Crippen MR) is 84.0 cm³/mol. The summed E-state index contributed by atoms with van der Waals surface area (Å²) in [5.41, 5.74) is 2.85. The summed E-state index contributed by atoms with van der Waals surface area (Å²) in [5.74, 6) is 0.815. The van der Waals surface area contributed by atoms with Crippen LogP contribution in [0.5, 0.6) is 5.75 Å². The van der Waals surface area contributed by atoms with Crippen LogP contribution in [0.25, 0.3) is 11.0 Å². The van der Waals surface area contributed by atoms with Crippen molar-refractivity contribution in [3.63, 3.8) is 0 Å². The van der Waals surface area contributed by atoms with Crippen molar-refractivity contribution in [2.24, 2.45) is 0 Å². The smallest absolute Gasteiger partial charge is 0.178 e. The molecule has 108 valence electrons. The molecule has 0 amide bonds. The number of rotatable bonds is 4. The summed E-state index contributed by atoms with van der Waals surface area (Å²) < 4.78 is 8.50. The molecule has 5 nitrogen and oxygen atoms in total. The fourth-order valence-electron chi connectivity index (χ4n) is 2.24. The van der Waals surface area contributed by atoms with Crippen molar-refractivity contribution in [3.05, 3.63) is 47.3 Å². The van der Waals surface area contributed by atoms with Crippen LogP contribution in [-0.2, 0) is 6.54 Å². The Bertz CT molecular complexity index is 807. The van der Waals surface area contributed by atoms with Crippen molar-refractivity contribution in [2.75, 3.05) is 0 Å². The van der Waals surface area contributed by atoms with E-state index in [1.807, 2.05) is 42.7 Å². The minimum Gasteiger partial charge on any atom is -0.489 e. The highest BCUT2D eigenvalue weighted by Crippen LogP contribution is 2.26. The van der Waals surface area contributed by atoms with Gasteiger partial charge >= 0.3 is 0 Å². The van der Waals surface area contributed by atoms with Gasteiger partial charge in [-0.15, -0.1) is 0 Å². The van der Waals surface area contributed by atoms with Crippen LogP contribution >= 0.6 is 12.2 Å². The molecule has 0 saturated carbocycles. The number of hydrogen-bond acceptors (Lipinski definition) is 4. The minimum absolute atomic E-state index is 0.114. The molecule has 3 aromatic rings. The summed E-state index contributed by atoms with van der Waals surface area (Å²) in [6, 6.07) is 7.83. The van der Waals surface area contributed by atoms with Crippen molar-refractivity contribution in [1.29, 1.82) is 0 Å². The Labute approximate surface area is 127 Å². The summed E-state index contributed by atoms with van der Waals surface area (Å²) in [6.07, 6.45) is 3.39. The van der Waals surface area contributed by atoms with Crippen LogP contribution in [0.4, 0.5) is 0 Å². The lowest BCUT2D eigenvalue weighted by Gasteiger charge is -2.10. The zero-order valence-corrected chi connectivity index (χ0v) is 12.7. The Morgan fingerprint density at radius 1 is 1.33 bits per heavy atom. The second-order valence-corrected chi connectivity index (χ2v) is 5.42. The van der Waals surface area contributed by atoms with E-state index in [-0.39, 0.29) is 6.10 Å². The van der Waals surface area contributed by atoms with Crippen molar-refractivity contribution in [1.82, 2.24) is 19.5 Å². The highest BCUT2D eigenvalue weighted by Gasteiger charge is 2.11. The first-order chi connectivity index (χ1) is 10.1. The normalized spacial score (nSPS) is 11.2. The van der Waals surface area contributed by atoms with Gasteiger partial charge in [-0.3, -0.25) is 0 Å². The van der Waals surface area contributed by atoms with E-state index in [2.05, 4.69) is 15.0 Å². The maximum Gasteiger partial charge on any atom is 0.178 e. The van der Waals surface area contributed by atoms with Crippen molar-refractivity contribution < 1.29 is 4.74 Å². The highest BCUT2D eigenvalue weighted by atomic mass is 32.1. The molecule has 0 aliphatic carbocycles. The van der Waals surface area contributed by atoms with Crippen LogP contribution in [0.3, 0.4) is 0 Å². The number of benzene rings is 1. The molecule has 0 spiro atoms. The van der Waals surface area contributed by atoms with E-state index < -0.39 is 0 Å². The fraction of sp³-hybridized carbons (Fsp3) is 0.267. The Hall–Kier alpha value is -2.21. The third kappa shape index (κ3) is 2.80. The molecule has 0 unspecified atom stereocenters. The second-order valence-electron chi connectivity index (χ2n) is 5.03. The number of fused-ring (bicyclic) bond motifs is 1. The first-order valence-corrected chi connectivity index (χ1v) is 7.19. The van der Waals surface area contributed by atoms with Gasteiger partial charge in [-0.25, -0.2) is 9.97 Å². The number of aromatic amines is 1. The van der Waals surface area contributed by atoms with E-state index >= 15 is 0 Å². The first-order valence-electron chi connectivity index (χ1n) is 6.78. The van der Waals surface area contributed by atoms with Crippen molar-refractivity contribution in [3.8, 4) is 5.75 Å². The van der Waals surface area contributed by atoms with Crippen LogP contribution in [0, 0.1) is 4.77 Å². The van der Waals surface area contributed by atoms with Gasteiger partial charge in [-0.1, -0.05) is 6.07 Å². The topological polar surface area (TPSA) is 55.7 Å². The average Bonchev–Trinajstić information content (AvgIpc) is 2.77. The minimum atomic E-state index is 0.114. The lowest BCUT2D eigenvalue weighted by molar-refractivity contribution is 0.245. The molecule has 1 aromatic carbocycles. The molecular formula is C15H16N4OS. The molecular weight excluding hydrogens is 284 g/mol. The molecule has 0 aliphatic heterocycles. The Kier molecular flexibility index (Phi) is 3.70. The number of nitrogens with one attached hydrogen (secondary N) is 1. The molecule has 2 aromatic heterocycles. The van der Waals surface area contributed by atoms with Crippen molar-refractivity contribution >= 4 is 23.3 Å². The Morgan fingerprint density at radius 2 is 2.19 bits per heavy atom. The zero-order valence-electron chi connectivity index (χ0n) is 11.9. The monoisotopic (exact) mass is 300 g/mol. The third-order valence-corrected chi connectivity index (χ3v) is 3.42. The molecule has 0 bridgehead atoms. The van der Waals surface area contributed by atoms with Gasteiger partial charge in [0.1, 0.15) is 17.6 Å². The van der Waals surface area contributed by atoms with Gasteiger partial charge < -0.3 is 14.3 Å². The van der Waals surface area contributed by atoms with Crippen molar-refractivity contribution in [2.45, 2.75) is 26.5 Å².